The molecule has 2 aliphatic carbocycles. The zero-order chi connectivity index (χ0) is 45.5. The Morgan fingerprint density at radius 2 is 0.647 bits per heavy atom. The monoisotopic (exact) mass is 872 g/mol. The number of anilines is 5. The Hall–Kier alpha value is -8.46. The van der Waals surface area contributed by atoms with Gasteiger partial charge in [0.1, 0.15) is 0 Å². The van der Waals surface area contributed by atoms with Crippen LogP contribution < -0.4 is 9.80 Å². The van der Waals surface area contributed by atoms with E-state index in [0.717, 1.165) is 41.3 Å². The molecule has 2 unspecified atom stereocenters. The zero-order valence-corrected chi connectivity index (χ0v) is 38.0. The molecule has 9 aromatic carbocycles. The van der Waals surface area contributed by atoms with Crippen LogP contribution in [0.3, 0.4) is 0 Å². The molecule has 2 nitrogen and oxygen atoms in total. The summed E-state index contributed by atoms with van der Waals surface area (Å²) < 4.78 is 0. The van der Waals surface area contributed by atoms with Gasteiger partial charge >= 0.3 is 0 Å². The Bertz CT molecular complexity index is 3220. The molecule has 0 fully saturated rings. The normalized spacial score (nSPS) is 15.3. The first-order valence-electron chi connectivity index (χ1n) is 23.8. The number of rotatable bonds is 12. The zero-order valence-electron chi connectivity index (χ0n) is 38.0. The summed E-state index contributed by atoms with van der Waals surface area (Å²) in [5.41, 5.74) is 19.5. The van der Waals surface area contributed by atoms with Crippen molar-refractivity contribution in [3.8, 4) is 33.4 Å². The molecule has 0 aliphatic heterocycles. The minimum atomic E-state index is 0.309. The van der Waals surface area contributed by atoms with Crippen LogP contribution in [0.2, 0.25) is 0 Å². The molecule has 0 saturated carbocycles. The van der Waals surface area contributed by atoms with Crippen molar-refractivity contribution in [2.75, 3.05) is 9.80 Å². The summed E-state index contributed by atoms with van der Waals surface area (Å²) in [5, 5.41) is 0. The summed E-state index contributed by atoms with van der Waals surface area (Å²) in [6, 6.07) is 87.5. The maximum atomic E-state index is 2.42. The van der Waals surface area contributed by atoms with Crippen LogP contribution in [0.5, 0.6) is 0 Å². The maximum Gasteiger partial charge on any atom is 0.0462 e. The lowest BCUT2D eigenvalue weighted by molar-refractivity contribution is 0.840. The van der Waals surface area contributed by atoms with Crippen molar-refractivity contribution in [3.05, 3.63) is 301 Å². The topological polar surface area (TPSA) is 6.48 Å². The van der Waals surface area contributed by atoms with E-state index in [-0.39, 0.29) is 0 Å². The molecule has 0 aromatic heterocycles. The molecule has 9 aromatic rings. The third-order valence-corrected chi connectivity index (χ3v) is 13.4. The lowest BCUT2D eigenvalue weighted by atomic mass is 9.85. The fraction of sp³-hybridized carbons (Fsp3) is 0.0606. The van der Waals surface area contributed by atoms with Crippen LogP contribution >= 0.6 is 0 Å². The second-order valence-corrected chi connectivity index (χ2v) is 17.6. The minimum Gasteiger partial charge on any atom is -0.311 e. The number of nitrogens with zero attached hydrogens (tertiary/aromatic N) is 2. The number of para-hydroxylation sites is 2. The second kappa shape index (κ2) is 19.6. The SMILES string of the molecule is C1=CC(c2ccc(N(c3ccccc3)c3ccc(-c4ccccc4)cc3)cc2)CC=C1c1ccccc1-c1ccc(C2C=CC(N(c3ccccc3)c3ccc(-c4ccccc4)cc3)=CC2)cc1. The van der Waals surface area contributed by atoms with Gasteiger partial charge in [0.15, 0.2) is 0 Å². The van der Waals surface area contributed by atoms with E-state index in [0.29, 0.717) is 11.8 Å². The van der Waals surface area contributed by atoms with Crippen LogP contribution in [-0.4, -0.2) is 0 Å². The standard InChI is InChI=1S/C66H52N2/c1-5-15-49(16-6-1)53-33-41-61(42-34-53)67(59-19-9-3-10-20-59)63-45-37-55(38-46-63)51-25-29-57(30-26-51)65-23-13-14-24-66(65)58-31-27-52(28-32-58)56-39-47-64(48-40-56)68(60-21-11-4-12-22-60)62-43-35-54(36-44-62)50-17-7-2-8-18-50/h1-27,29-37,39-48,52,55H,28,38H2. The molecule has 2 aliphatic rings. The van der Waals surface area contributed by atoms with Gasteiger partial charge in [-0.05, 0) is 135 Å². The Labute approximate surface area is 401 Å². The predicted molar refractivity (Wildman–Crippen MR) is 288 cm³/mol. The van der Waals surface area contributed by atoms with E-state index in [1.807, 2.05) is 0 Å². The summed E-state index contributed by atoms with van der Waals surface area (Å²) in [7, 11) is 0. The molecule has 2 atom stereocenters. The summed E-state index contributed by atoms with van der Waals surface area (Å²) in [5.74, 6) is 0.622. The average molecular weight is 873 g/mol. The Morgan fingerprint density at radius 3 is 1.13 bits per heavy atom. The summed E-state index contributed by atoms with van der Waals surface area (Å²) in [6.07, 6.45) is 16.1. The van der Waals surface area contributed by atoms with Gasteiger partial charge in [0, 0.05) is 46.0 Å². The average Bonchev–Trinajstić information content (AvgIpc) is 3.43. The molecule has 0 radical (unpaired) electrons. The van der Waals surface area contributed by atoms with Crippen molar-refractivity contribution in [3.63, 3.8) is 0 Å². The summed E-state index contributed by atoms with van der Waals surface area (Å²) in [6.45, 7) is 0. The molecule has 0 saturated heterocycles. The van der Waals surface area contributed by atoms with Gasteiger partial charge in [-0.3, -0.25) is 0 Å². The van der Waals surface area contributed by atoms with Crippen molar-refractivity contribution < 1.29 is 0 Å². The Morgan fingerprint density at radius 1 is 0.279 bits per heavy atom. The highest BCUT2D eigenvalue weighted by Crippen LogP contribution is 2.41. The first kappa shape index (κ1) is 42.2. The molecule has 0 spiro atoms. The van der Waals surface area contributed by atoms with Crippen LogP contribution in [0, 0.1) is 0 Å². The van der Waals surface area contributed by atoms with Crippen LogP contribution in [0.15, 0.2) is 285 Å². The van der Waals surface area contributed by atoms with Gasteiger partial charge in [-0.15, -0.1) is 0 Å². The lowest BCUT2D eigenvalue weighted by Crippen LogP contribution is -2.17. The highest BCUT2D eigenvalue weighted by Gasteiger charge is 2.20. The molecule has 0 N–H and O–H groups in total. The van der Waals surface area contributed by atoms with E-state index in [1.54, 1.807) is 0 Å². The molecule has 11 rings (SSSR count). The Kier molecular flexibility index (Phi) is 12.1. The van der Waals surface area contributed by atoms with Crippen molar-refractivity contribution in [1.82, 2.24) is 0 Å². The molecular formula is C66H52N2. The molecule has 0 bridgehead atoms. The number of benzene rings is 9. The van der Waals surface area contributed by atoms with E-state index in [9.17, 15) is 0 Å². The number of allylic oxidation sites excluding steroid dienone is 7. The quantitative estimate of drug-likeness (QED) is 0.121. The van der Waals surface area contributed by atoms with Gasteiger partial charge in [-0.2, -0.15) is 0 Å². The van der Waals surface area contributed by atoms with Crippen molar-refractivity contribution in [2.24, 2.45) is 0 Å². The second-order valence-electron chi connectivity index (χ2n) is 17.6. The van der Waals surface area contributed by atoms with Crippen LogP contribution in [0.25, 0.3) is 39.0 Å². The lowest BCUT2D eigenvalue weighted by Gasteiger charge is -2.29. The number of hydrogen-bond acceptors (Lipinski definition) is 2. The Balaban J connectivity index is 0.770. The van der Waals surface area contributed by atoms with Crippen molar-refractivity contribution >= 4 is 34.0 Å². The van der Waals surface area contributed by atoms with E-state index < -0.39 is 0 Å². The molecular weight excluding hydrogens is 821 g/mol. The van der Waals surface area contributed by atoms with Crippen molar-refractivity contribution in [1.29, 1.82) is 0 Å². The van der Waals surface area contributed by atoms with Crippen LogP contribution in [-0.2, 0) is 0 Å². The van der Waals surface area contributed by atoms with Gasteiger partial charge in [0.25, 0.3) is 0 Å². The third-order valence-electron chi connectivity index (χ3n) is 13.4. The van der Waals surface area contributed by atoms with Crippen molar-refractivity contribution in [2.45, 2.75) is 24.7 Å². The molecule has 0 amide bonds. The maximum absolute atomic E-state index is 2.42. The number of hydrogen-bond donors (Lipinski definition) is 0. The minimum absolute atomic E-state index is 0.309. The first-order chi connectivity index (χ1) is 33.7. The van der Waals surface area contributed by atoms with Gasteiger partial charge in [-0.1, -0.05) is 212 Å². The van der Waals surface area contributed by atoms with E-state index in [2.05, 4.69) is 289 Å². The van der Waals surface area contributed by atoms with Gasteiger partial charge in [0.2, 0.25) is 0 Å². The highest BCUT2D eigenvalue weighted by atomic mass is 15.1. The van der Waals surface area contributed by atoms with E-state index >= 15 is 0 Å². The first-order valence-corrected chi connectivity index (χ1v) is 23.8. The summed E-state index contributed by atoms with van der Waals surface area (Å²) >= 11 is 0. The molecule has 0 heterocycles. The largest absolute Gasteiger partial charge is 0.311 e. The summed E-state index contributed by atoms with van der Waals surface area (Å²) in [4.78, 5) is 4.70. The molecule has 2 heteroatoms. The smallest absolute Gasteiger partial charge is 0.0462 e. The predicted octanol–water partition coefficient (Wildman–Crippen LogP) is 18.1. The van der Waals surface area contributed by atoms with Gasteiger partial charge < -0.3 is 9.80 Å². The molecule has 68 heavy (non-hydrogen) atoms. The van der Waals surface area contributed by atoms with Gasteiger partial charge in [0.05, 0.1) is 0 Å². The fourth-order valence-electron chi connectivity index (χ4n) is 9.77. The van der Waals surface area contributed by atoms with Crippen LogP contribution in [0.1, 0.15) is 41.4 Å². The van der Waals surface area contributed by atoms with E-state index in [1.165, 1.54) is 61.3 Å². The third kappa shape index (κ3) is 9.05. The fourth-order valence-corrected chi connectivity index (χ4v) is 9.77. The highest BCUT2D eigenvalue weighted by molar-refractivity contribution is 5.86. The van der Waals surface area contributed by atoms with Crippen LogP contribution in [0.4, 0.5) is 28.4 Å². The van der Waals surface area contributed by atoms with Gasteiger partial charge in [-0.25, -0.2) is 0 Å². The molecule has 326 valence electrons. The van der Waals surface area contributed by atoms with E-state index in [4.69, 9.17) is 0 Å².